The summed E-state index contributed by atoms with van der Waals surface area (Å²) in [5, 5.41) is 0.240. The molecule has 1 aliphatic heterocycles. The molecule has 4 rings (SSSR count). The van der Waals surface area contributed by atoms with Crippen molar-refractivity contribution >= 4 is 50.7 Å². The van der Waals surface area contributed by atoms with E-state index < -0.39 is 10.0 Å². The Bertz CT molecular complexity index is 1240. The van der Waals surface area contributed by atoms with Crippen molar-refractivity contribution in [2.75, 3.05) is 15.4 Å². The van der Waals surface area contributed by atoms with E-state index in [-0.39, 0.29) is 16.2 Å². The molecule has 1 N–H and O–H groups in total. The van der Waals surface area contributed by atoms with Crippen molar-refractivity contribution in [1.29, 1.82) is 0 Å². The summed E-state index contributed by atoms with van der Waals surface area (Å²) >= 11 is 7.39. The fourth-order valence-electron chi connectivity index (χ4n) is 3.59. The minimum atomic E-state index is -3.75. The molecule has 3 aromatic carbocycles. The molecule has 8 heteroatoms. The van der Waals surface area contributed by atoms with Gasteiger partial charge in [0.15, 0.2) is 0 Å². The van der Waals surface area contributed by atoms with Crippen LogP contribution in [0.15, 0.2) is 71.6 Å². The van der Waals surface area contributed by atoms with Crippen LogP contribution in [0, 0.1) is 13.8 Å². The third-order valence-electron chi connectivity index (χ3n) is 5.03. The first-order valence-electron chi connectivity index (χ1n) is 9.64. The Morgan fingerprint density at radius 1 is 1.03 bits per heavy atom. The summed E-state index contributed by atoms with van der Waals surface area (Å²) in [7, 11) is -3.75. The Morgan fingerprint density at radius 3 is 2.48 bits per heavy atom. The van der Waals surface area contributed by atoms with Crippen LogP contribution in [-0.4, -0.2) is 20.1 Å². The molecule has 1 saturated heterocycles. The van der Waals surface area contributed by atoms with Gasteiger partial charge < -0.3 is 0 Å². The Hall–Kier alpha value is -2.48. The highest BCUT2D eigenvalue weighted by atomic mass is 35.5. The molecular formula is C23H21ClN2O3S2. The van der Waals surface area contributed by atoms with Crippen molar-refractivity contribution in [2.45, 2.75) is 24.1 Å². The molecule has 1 aliphatic rings. The molecule has 0 aromatic heterocycles. The van der Waals surface area contributed by atoms with Gasteiger partial charge in [0.25, 0.3) is 10.0 Å². The van der Waals surface area contributed by atoms with E-state index in [0.717, 1.165) is 22.4 Å². The first-order chi connectivity index (χ1) is 14.7. The Morgan fingerprint density at radius 2 is 1.77 bits per heavy atom. The summed E-state index contributed by atoms with van der Waals surface area (Å²) in [5.74, 6) is 0.410. The zero-order valence-corrected chi connectivity index (χ0v) is 19.4. The number of nitrogens with zero attached hydrogens (tertiary/aromatic N) is 1. The second-order valence-corrected chi connectivity index (χ2v) is 10.6. The zero-order chi connectivity index (χ0) is 22.2. The van der Waals surface area contributed by atoms with Crippen molar-refractivity contribution in [2.24, 2.45) is 0 Å². The van der Waals surface area contributed by atoms with Crippen LogP contribution in [0.25, 0.3) is 0 Å². The SMILES string of the molecule is Cc1ccc(N2C(=O)CS[C@@H]2c2cccc(NS(=O)(=O)c3ccc(Cl)cc3)c2)c(C)c1. The van der Waals surface area contributed by atoms with Crippen molar-refractivity contribution in [3.63, 3.8) is 0 Å². The number of hydrogen-bond donors (Lipinski definition) is 1. The number of anilines is 2. The molecular weight excluding hydrogens is 452 g/mol. The maximum absolute atomic E-state index is 12.7. The number of aryl methyl sites for hydroxylation is 2. The second-order valence-electron chi connectivity index (χ2n) is 7.40. The van der Waals surface area contributed by atoms with Gasteiger partial charge in [0.2, 0.25) is 5.91 Å². The number of halogens is 1. The number of nitrogens with one attached hydrogen (secondary N) is 1. The van der Waals surface area contributed by atoms with E-state index in [1.807, 2.05) is 32.0 Å². The van der Waals surface area contributed by atoms with Crippen LogP contribution in [0.5, 0.6) is 0 Å². The van der Waals surface area contributed by atoms with E-state index in [9.17, 15) is 13.2 Å². The van der Waals surface area contributed by atoms with E-state index >= 15 is 0 Å². The molecule has 5 nitrogen and oxygen atoms in total. The first kappa shape index (κ1) is 21.7. The number of benzene rings is 3. The molecule has 0 radical (unpaired) electrons. The molecule has 0 bridgehead atoms. The van der Waals surface area contributed by atoms with Crippen molar-refractivity contribution in [3.8, 4) is 0 Å². The van der Waals surface area contributed by atoms with Gasteiger partial charge in [-0.05, 0) is 67.4 Å². The summed E-state index contributed by atoms with van der Waals surface area (Å²) < 4.78 is 28.1. The lowest BCUT2D eigenvalue weighted by atomic mass is 10.1. The van der Waals surface area contributed by atoms with Gasteiger partial charge in [-0.3, -0.25) is 14.4 Å². The monoisotopic (exact) mass is 472 g/mol. The van der Waals surface area contributed by atoms with Crippen LogP contribution in [0.4, 0.5) is 11.4 Å². The minimum Gasteiger partial charge on any atom is -0.295 e. The highest BCUT2D eigenvalue weighted by Gasteiger charge is 2.35. The molecule has 0 spiro atoms. The maximum Gasteiger partial charge on any atom is 0.261 e. The number of carbonyl (C=O) groups is 1. The highest BCUT2D eigenvalue weighted by Crippen LogP contribution is 2.43. The average Bonchev–Trinajstić information content (AvgIpc) is 3.09. The second kappa shape index (κ2) is 8.57. The van der Waals surface area contributed by atoms with Gasteiger partial charge in [0.1, 0.15) is 5.37 Å². The predicted octanol–water partition coefficient (Wildman–Crippen LogP) is 5.54. The Labute approximate surface area is 191 Å². The summed E-state index contributed by atoms with van der Waals surface area (Å²) in [6.07, 6.45) is 0. The zero-order valence-electron chi connectivity index (χ0n) is 17.0. The van der Waals surface area contributed by atoms with E-state index in [4.69, 9.17) is 11.6 Å². The summed E-state index contributed by atoms with van der Waals surface area (Å²) in [4.78, 5) is 14.6. The van der Waals surface area contributed by atoms with Crippen molar-refractivity contribution < 1.29 is 13.2 Å². The minimum absolute atomic E-state index is 0.0362. The van der Waals surface area contributed by atoms with Crippen LogP contribution in [0.1, 0.15) is 22.1 Å². The largest absolute Gasteiger partial charge is 0.295 e. The van der Waals surface area contributed by atoms with Crippen LogP contribution in [-0.2, 0) is 14.8 Å². The average molecular weight is 473 g/mol. The topological polar surface area (TPSA) is 66.5 Å². The number of sulfonamides is 1. The molecule has 0 aliphatic carbocycles. The summed E-state index contributed by atoms with van der Waals surface area (Å²) in [5.41, 5.74) is 4.33. The smallest absolute Gasteiger partial charge is 0.261 e. The fraction of sp³-hybridized carbons (Fsp3) is 0.174. The Kier molecular flexibility index (Phi) is 6.01. The fourth-order valence-corrected chi connectivity index (χ4v) is 5.92. The van der Waals surface area contributed by atoms with E-state index in [0.29, 0.717) is 16.5 Å². The van der Waals surface area contributed by atoms with Crippen LogP contribution in [0.2, 0.25) is 5.02 Å². The molecule has 1 amide bonds. The number of amides is 1. The van der Waals surface area contributed by atoms with Gasteiger partial charge in [-0.1, -0.05) is 41.4 Å². The lowest BCUT2D eigenvalue weighted by Gasteiger charge is -2.26. The number of thioether (sulfide) groups is 1. The first-order valence-corrected chi connectivity index (χ1v) is 12.5. The third-order valence-corrected chi connectivity index (χ3v) is 7.89. The van der Waals surface area contributed by atoms with Crippen molar-refractivity contribution in [1.82, 2.24) is 0 Å². The molecule has 1 heterocycles. The lowest BCUT2D eigenvalue weighted by Crippen LogP contribution is -2.28. The van der Waals surface area contributed by atoms with Gasteiger partial charge in [-0.25, -0.2) is 8.42 Å². The van der Waals surface area contributed by atoms with Gasteiger partial charge in [0, 0.05) is 16.4 Å². The standard InChI is InChI=1S/C23H21ClN2O3S2/c1-15-6-11-21(16(2)12-15)26-22(27)14-30-23(26)17-4-3-5-19(13-17)25-31(28,29)20-9-7-18(24)8-10-20/h3-13,23,25H,14H2,1-2H3/t23-/m1/s1. The van der Waals surface area contributed by atoms with Gasteiger partial charge in [-0.2, -0.15) is 0 Å². The lowest BCUT2D eigenvalue weighted by molar-refractivity contribution is -0.115. The Balaban J connectivity index is 1.64. The quantitative estimate of drug-likeness (QED) is 0.529. The van der Waals surface area contributed by atoms with E-state index in [2.05, 4.69) is 10.8 Å². The molecule has 31 heavy (non-hydrogen) atoms. The number of hydrogen-bond acceptors (Lipinski definition) is 4. The molecule has 3 aromatic rings. The number of rotatable bonds is 5. The molecule has 160 valence electrons. The van der Waals surface area contributed by atoms with Crippen LogP contribution >= 0.6 is 23.4 Å². The van der Waals surface area contributed by atoms with Gasteiger partial charge in [-0.15, -0.1) is 11.8 Å². The normalized spacial score (nSPS) is 16.5. The number of carbonyl (C=O) groups excluding carboxylic acids is 1. The molecule has 0 saturated carbocycles. The van der Waals surface area contributed by atoms with Crippen LogP contribution in [0.3, 0.4) is 0 Å². The molecule has 0 unspecified atom stereocenters. The van der Waals surface area contributed by atoms with Gasteiger partial charge in [0.05, 0.1) is 10.6 Å². The third kappa shape index (κ3) is 4.59. The van der Waals surface area contributed by atoms with Crippen molar-refractivity contribution in [3.05, 3.63) is 88.4 Å². The highest BCUT2D eigenvalue weighted by molar-refractivity contribution is 8.00. The summed E-state index contributed by atoms with van der Waals surface area (Å²) in [6, 6.07) is 19.2. The van der Waals surface area contributed by atoms with E-state index in [1.54, 1.807) is 23.1 Å². The van der Waals surface area contributed by atoms with E-state index in [1.165, 1.54) is 36.0 Å². The van der Waals surface area contributed by atoms with Crippen LogP contribution < -0.4 is 9.62 Å². The molecule has 1 fully saturated rings. The molecule has 1 atom stereocenters. The van der Waals surface area contributed by atoms with Gasteiger partial charge >= 0.3 is 0 Å². The maximum atomic E-state index is 12.7. The predicted molar refractivity (Wildman–Crippen MR) is 127 cm³/mol. The summed E-state index contributed by atoms with van der Waals surface area (Å²) in [6.45, 7) is 4.01.